The molecule has 0 radical (unpaired) electrons. The molecule has 8 nitrogen and oxygen atoms in total. The molecule has 0 amide bonds. The first-order valence-electron chi connectivity index (χ1n) is 10.6. The fourth-order valence-corrected chi connectivity index (χ4v) is 3.82. The predicted octanol–water partition coefficient (Wildman–Crippen LogP) is 4.23. The maximum atomic E-state index is 15.0. The van der Waals surface area contributed by atoms with E-state index in [0.29, 0.717) is 16.7 Å². The van der Waals surface area contributed by atoms with Gasteiger partial charge in [-0.25, -0.2) is 14.4 Å². The molecule has 0 unspecified atom stereocenters. The number of nitrogens with zero attached hydrogens (tertiary/aromatic N) is 5. The van der Waals surface area contributed by atoms with Gasteiger partial charge in [-0.3, -0.25) is 0 Å². The van der Waals surface area contributed by atoms with Crippen molar-refractivity contribution in [3.8, 4) is 11.6 Å². The van der Waals surface area contributed by atoms with Gasteiger partial charge < -0.3 is 24.8 Å². The molecule has 33 heavy (non-hydrogen) atoms. The minimum Gasteiger partial charge on any atom is -0.433 e. The lowest BCUT2D eigenvalue weighted by Crippen LogP contribution is -2.44. The molecule has 0 aliphatic carbocycles. The number of hydrogen-bond donors (Lipinski definition) is 2. The fraction of sp³-hybridized carbons (Fsp3) is 0.261. The van der Waals surface area contributed by atoms with Crippen LogP contribution in [0, 0.1) is 18.6 Å². The number of hydrogen-bond acceptors (Lipinski definition) is 7. The maximum Gasteiger partial charge on any atom is 0.261 e. The monoisotopic (exact) mass is 451 g/mol. The number of nitrogens with one attached hydrogen (secondary N) is 2. The molecule has 1 aromatic carbocycles. The van der Waals surface area contributed by atoms with Crippen molar-refractivity contribution in [1.29, 1.82) is 0 Å². The zero-order chi connectivity index (χ0) is 22.9. The summed E-state index contributed by atoms with van der Waals surface area (Å²) >= 11 is 0. The highest BCUT2D eigenvalue weighted by molar-refractivity contribution is 5.82. The number of benzene rings is 1. The topological polar surface area (TPSA) is 82.2 Å². The van der Waals surface area contributed by atoms with Gasteiger partial charge >= 0.3 is 0 Å². The second-order valence-electron chi connectivity index (χ2n) is 8.05. The van der Waals surface area contributed by atoms with Gasteiger partial charge in [0, 0.05) is 42.8 Å². The Morgan fingerprint density at radius 2 is 1.82 bits per heavy atom. The van der Waals surface area contributed by atoms with Crippen molar-refractivity contribution in [3.63, 3.8) is 0 Å². The second kappa shape index (κ2) is 8.62. The summed E-state index contributed by atoms with van der Waals surface area (Å²) in [6.07, 6.45) is 2.89. The molecule has 0 bridgehead atoms. The van der Waals surface area contributed by atoms with Crippen LogP contribution < -0.4 is 15.0 Å². The first-order chi connectivity index (χ1) is 16.0. The van der Waals surface area contributed by atoms with Crippen molar-refractivity contribution < 1.29 is 13.5 Å². The molecule has 1 aliphatic heterocycles. The molecule has 4 aromatic rings. The SMILES string of the molecule is Cc1cc2c(F)c(Oc3ncnc(Nc4ccc(N5CCN(C)CC5)cn4)c3F)ccc2[nH]1. The number of rotatable bonds is 5. The van der Waals surface area contributed by atoms with E-state index in [4.69, 9.17) is 4.74 Å². The van der Waals surface area contributed by atoms with Crippen LogP contribution in [0.2, 0.25) is 0 Å². The average Bonchev–Trinajstić information content (AvgIpc) is 3.20. The number of likely N-dealkylation sites (N-methyl/N-ethyl adjacent to an activating group) is 1. The van der Waals surface area contributed by atoms with Crippen molar-refractivity contribution >= 4 is 28.2 Å². The molecule has 0 atom stereocenters. The summed E-state index contributed by atoms with van der Waals surface area (Å²) in [4.78, 5) is 19.7. The highest BCUT2D eigenvalue weighted by Crippen LogP contribution is 2.32. The van der Waals surface area contributed by atoms with Crippen LogP contribution >= 0.6 is 0 Å². The van der Waals surface area contributed by atoms with Gasteiger partial charge in [-0.15, -0.1) is 0 Å². The summed E-state index contributed by atoms with van der Waals surface area (Å²) in [5, 5.41) is 3.20. The van der Waals surface area contributed by atoms with E-state index in [2.05, 4.69) is 42.1 Å². The minimum atomic E-state index is -0.841. The number of halogens is 2. The summed E-state index contributed by atoms with van der Waals surface area (Å²) in [6, 6.07) is 8.46. The number of ether oxygens (including phenoxy) is 1. The number of anilines is 3. The summed E-state index contributed by atoms with van der Waals surface area (Å²) < 4.78 is 35.3. The molecule has 10 heteroatoms. The molecule has 1 saturated heterocycles. The molecule has 3 aromatic heterocycles. The van der Waals surface area contributed by atoms with Crippen LogP contribution in [0.15, 0.2) is 42.9 Å². The molecule has 4 heterocycles. The minimum absolute atomic E-state index is 0.112. The molecular formula is C23H23F2N7O. The predicted molar refractivity (Wildman–Crippen MR) is 122 cm³/mol. The number of aromatic amines is 1. The van der Waals surface area contributed by atoms with Crippen LogP contribution in [0.5, 0.6) is 11.6 Å². The Morgan fingerprint density at radius 1 is 1.00 bits per heavy atom. The lowest BCUT2D eigenvalue weighted by molar-refractivity contribution is 0.313. The normalized spacial score (nSPS) is 14.6. The lowest BCUT2D eigenvalue weighted by atomic mass is 10.2. The van der Waals surface area contributed by atoms with E-state index in [0.717, 1.165) is 43.9 Å². The van der Waals surface area contributed by atoms with Crippen molar-refractivity contribution in [2.45, 2.75) is 6.92 Å². The summed E-state index contributed by atoms with van der Waals surface area (Å²) in [5.74, 6) is -1.63. The van der Waals surface area contributed by atoms with Crippen molar-refractivity contribution in [3.05, 3.63) is 60.2 Å². The Labute approximate surface area is 189 Å². The van der Waals surface area contributed by atoms with E-state index >= 15 is 4.39 Å². The van der Waals surface area contributed by atoms with Crippen molar-refractivity contribution in [2.75, 3.05) is 43.4 Å². The third-order valence-corrected chi connectivity index (χ3v) is 5.66. The van der Waals surface area contributed by atoms with Gasteiger partial charge in [-0.2, -0.15) is 9.37 Å². The number of aryl methyl sites for hydroxylation is 1. The first-order valence-corrected chi connectivity index (χ1v) is 10.6. The van der Waals surface area contributed by atoms with Crippen LogP contribution in [0.3, 0.4) is 0 Å². The number of H-pyrrole nitrogens is 1. The van der Waals surface area contributed by atoms with Crippen LogP contribution in [0.1, 0.15) is 5.69 Å². The third kappa shape index (κ3) is 4.29. The zero-order valence-corrected chi connectivity index (χ0v) is 18.3. The summed E-state index contributed by atoms with van der Waals surface area (Å²) in [7, 11) is 2.10. The van der Waals surface area contributed by atoms with Gasteiger partial charge in [0.1, 0.15) is 12.1 Å². The molecule has 1 fully saturated rings. The van der Waals surface area contributed by atoms with Gasteiger partial charge in [-0.05, 0) is 44.3 Å². The Balaban J connectivity index is 1.33. The molecule has 170 valence electrons. The Bertz CT molecular complexity index is 1280. The van der Waals surface area contributed by atoms with Gasteiger partial charge in [0.2, 0.25) is 5.82 Å². The highest BCUT2D eigenvalue weighted by Gasteiger charge is 2.18. The fourth-order valence-electron chi connectivity index (χ4n) is 3.82. The average molecular weight is 451 g/mol. The number of pyridine rings is 1. The highest BCUT2D eigenvalue weighted by atomic mass is 19.1. The van der Waals surface area contributed by atoms with Crippen LogP contribution in [-0.4, -0.2) is 58.1 Å². The van der Waals surface area contributed by atoms with Crippen LogP contribution in [0.4, 0.5) is 26.1 Å². The molecule has 5 rings (SSSR count). The molecule has 2 N–H and O–H groups in total. The van der Waals surface area contributed by atoms with Crippen molar-refractivity contribution in [1.82, 2.24) is 24.8 Å². The molecule has 1 aliphatic rings. The number of fused-ring (bicyclic) bond motifs is 1. The molecular weight excluding hydrogens is 428 g/mol. The lowest BCUT2D eigenvalue weighted by Gasteiger charge is -2.33. The van der Waals surface area contributed by atoms with E-state index in [9.17, 15) is 4.39 Å². The number of aromatic nitrogens is 4. The van der Waals surface area contributed by atoms with E-state index < -0.39 is 11.6 Å². The van der Waals surface area contributed by atoms with Gasteiger partial charge in [0.15, 0.2) is 17.4 Å². The maximum absolute atomic E-state index is 15.0. The second-order valence-corrected chi connectivity index (χ2v) is 8.05. The van der Waals surface area contributed by atoms with E-state index in [-0.39, 0.29) is 17.4 Å². The van der Waals surface area contributed by atoms with E-state index in [1.165, 1.54) is 6.07 Å². The Hall–Kier alpha value is -3.79. The Kier molecular flexibility index (Phi) is 5.51. The van der Waals surface area contributed by atoms with Crippen LogP contribution in [0.25, 0.3) is 10.9 Å². The van der Waals surface area contributed by atoms with Gasteiger partial charge in [0.25, 0.3) is 5.88 Å². The molecule has 0 saturated carbocycles. The zero-order valence-electron chi connectivity index (χ0n) is 18.3. The quantitative estimate of drug-likeness (QED) is 0.470. The van der Waals surface area contributed by atoms with E-state index in [1.807, 2.05) is 13.0 Å². The summed E-state index contributed by atoms with van der Waals surface area (Å²) in [6.45, 7) is 5.67. The van der Waals surface area contributed by atoms with E-state index in [1.54, 1.807) is 24.4 Å². The summed E-state index contributed by atoms with van der Waals surface area (Å²) in [5.41, 5.74) is 2.45. The van der Waals surface area contributed by atoms with Gasteiger partial charge in [-0.1, -0.05) is 0 Å². The van der Waals surface area contributed by atoms with Gasteiger partial charge in [0.05, 0.1) is 11.9 Å². The Morgan fingerprint density at radius 3 is 2.58 bits per heavy atom. The largest absolute Gasteiger partial charge is 0.433 e. The smallest absolute Gasteiger partial charge is 0.261 e. The standard InChI is InChI=1S/C23H23F2N7O/c1-14-11-16-17(29-14)4-5-18(20(16)24)33-23-21(25)22(27-13-28-23)30-19-6-3-15(12-26-19)32-9-7-31(2)8-10-32/h3-6,11-13,29H,7-10H2,1-2H3,(H,26,27,28,30). The van der Waals surface area contributed by atoms with Crippen molar-refractivity contribution in [2.24, 2.45) is 0 Å². The number of piperazine rings is 1. The first kappa shape index (κ1) is 21.1. The van der Waals surface area contributed by atoms with Crippen LogP contribution in [-0.2, 0) is 0 Å². The molecule has 0 spiro atoms. The third-order valence-electron chi connectivity index (χ3n) is 5.66.